The Morgan fingerprint density at radius 3 is 2.40 bits per heavy atom. The zero-order chi connectivity index (χ0) is 24.0. The number of likely N-dealkylation sites (tertiary alicyclic amines) is 1. The summed E-state index contributed by atoms with van der Waals surface area (Å²) in [5.41, 5.74) is 2.94. The van der Waals surface area contributed by atoms with Gasteiger partial charge < -0.3 is 9.84 Å². The van der Waals surface area contributed by atoms with E-state index in [9.17, 15) is 9.59 Å². The number of nitrogens with zero attached hydrogens (tertiary/aromatic N) is 2. The van der Waals surface area contributed by atoms with Gasteiger partial charge in [-0.2, -0.15) is 4.74 Å². The van der Waals surface area contributed by atoms with Crippen LogP contribution in [0.15, 0.2) is 88.2 Å². The third-order valence-electron chi connectivity index (χ3n) is 6.87. The van der Waals surface area contributed by atoms with Crippen molar-refractivity contribution in [2.45, 2.75) is 38.8 Å². The number of benzene rings is 3. The first-order chi connectivity index (χ1) is 17.2. The summed E-state index contributed by atoms with van der Waals surface area (Å²) in [5, 5.41) is 3.41. The van der Waals surface area contributed by atoms with Crippen molar-refractivity contribution in [3.05, 3.63) is 100 Å². The number of carbonyl (C=O) groups is 1. The second-order valence-corrected chi connectivity index (χ2v) is 9.38. The van der Waals surface area contributed by atoms with E-state index >= 15 is 0 Å². The van der Waals surface area contributed by atoms with Crippen molar-refractivity contribution in [2.75, 3.05) is 18.4 Å². The van der Waals surface area contributed by atoms with E-state index in [1.807, 2.05) is 18.2 Å². The Hall–Kier alpha value is -3.64. The van der Waals surface area contributed by atoms with Crippen LogP contribution in [0, 0.1) is 5.92 Å². The highest BCUT2D eigenvalue weighted by molar-refractivity contribution is 6.04. The minimum absolute atomic E-state index is 0.112. The van der Waals surface area contributed by atoms with Gasteiger partial charge >= 0.3 is 0 Å². The lowest BCUT2D eigenvalue weighted by molar-refractivity contribution is 0.102. The van der Waals surface area contributed by atoms with E-state index in [2.05, 4.69) is 40.5 Å². The highest BCUT2D eigenvalue weighted by atomic mass is 16.5. The van der Waals surface area contributed by atoms with Gasteiger partial charge in [-0.3, -0.25) is 14.5 Å². The summed E-state index contributed by atoms with van der Waals surface area (Å²) >= 11 is 0. The first-order valence-electron chi connectivity index (χ1n) is 12.4. The summed E-state index contributed by atoms with van der Waals surface area (Å²) in [5.74, 6) is 0.503. The number of amides is 1. The fourth-order valence-corrected chi connectivity index (χ4v) is 4.89. The number of piperidine rings is 1. The van der Waals surface area contributed by atoms with Crippen LogP contribution < -0.4 is 10.9 Å². The van der Waals surface area contributed by atoms with Gasteiger partial charge in [0.1, 0.15) is 0 Å². The van der Waals surface area contributed by atoms with Gasteiger partial charge in [0.25, 0.3) is 11.5 Å². The number of carbonyl (C=O) groups excluding carboxylic acids is 1. The molecule has 1 N–H and O–H groups in total. The summed E-state index contributed by atoms with van der Waals surface area (Å²) in [6, 6.07) is 24.9. The van der Waals surface area contributed by atoms with Gasteiger partial charge in [-0.25, -0.2) is 0 Å². The van der Waals surface area contributed by atoms with Crippen molar-refractivity contribution in [1.82, 2.24) is 9.64 Å². The number of anilines is 1. The van der Waals surface area contributed by atoms with E-state index in [-0.39, 0.29) is 11.5 Å². The maximum atomic E-state index is 12.8. The number of hydrogen-bond donors (Lipinski definition) is 1. The minimum Gasteiger partial charge on any atom is -0.376 e. The zero-order valence-corrected chi connectivity index (χ0v) is 19.9. The monoisotopic (exact) mass is 469 g/mol. The Morgan fingerprint density at radius 2 is 1.66 bits per heavy atom. The van der Waals surface area contributed by atoms with Gasteiger partial charge in [-0.1, -0.05) is 48.5 Å². The molecule has 0 saturated carbocycles. The third kappa shape index (κ3) is 5.72. The Balaban J connectivity index is 1.13. The molecule has 3 aromatic carbocycles. The van der Waals surface area contributed by atoms with Crippen LogP contribution in [0.1, 0.15) is 41.6 Å². The molecule has 1 amide bonds. The molecule has 1 saturated heterocycles. The van der Waals surface area contributed by atoms with E-state index < -0.39 is 0 Å². The lowest BCUT2D eigenvalue weighted by Gasteiger charge is -2.32. The van der Waals surface area contributed by atoms with Crippen LogP contribution in [0.4, 0.5) is 5.69 Å². The summed E-state index contributed by atoms with van der Waals surface area (Å²) in [6.07, 6.45) is 4.42. The Kier molecular flexibility index (Phi) is 7.09. The summed E-state index contributed by atoms with van der Waals surface area (Å²) in [4.78, 5) is 27.7. The molecule has 0 unspecified atom stereocenters. The van der Waals surface area contributed by atoms with Crippen LogP contribution >= 0.6 is 0 Å². The normalized spacial score (nSPS) is 14.9. The van der Waals surface area contributed by atoms with Crippen LogP contribution in [-0.4, -0.2) is 28.6 Å². The quantitative estimate of drug-likeness (QED) is 0.368. The standard InChI is InChI=1S/C29H31N3O3/c33-28(24-11-5-2-6-12-24)30-25-13-14-26-27(20-25)35-32(29(26)34)17-7-10-22-15-18-31(19-16-22)21-23-8-3-1-4-9-23/h1-6,8-9,11-14,20,22H,7,10,15-19,21H2,(H,30,33). The molecule has 0 spiro atoms. The molecule has 2 heterocycles. The number of nitrogens with one attached hydrogen (secondary N) is 1. The Bertz CT molecular complexity index is 1320. The smallest absolute Gasteiger partial charge is 0.290 e. The van der Waals surface area contributed by atoms with E-state index in [0.717, 1.165) is 32.5 Å². The highest BCUT2D eigenvalue weighted by Gasteiger charge is 2.19. The first-order valence-corrected chi connectivity index (χ1v) is 12.4. The average Bonchev–Trinajstić information content (AvgIpc) is 3.20. The van der Waals surface area contributed by atoms with Crippen LogP contribution in [0.2, 0.25) is 0 Å². The number of aryl methyl sites for hydroxylation is 1. The SMILES string of the molecule is O=C(Nc1ccc2c(=O)n(CCCC3CCN(Cc4ccccc4)CC3)oc2c1)c1ccccc1. The van der Waals surface area contributed by atoms with Crippen LogP contribution in [0.5, 0.6) is 0 Å². The van der Waals surface area contributed by atoms with Gasteiger partial charge in [0.05, 0.1) is 11.9 Å². The molecule has 0 aliphatic carbocycles. The number of fused-ring (bicyclic) bond motifs is 1. The van der Waals surface area contributed by atoms with Gasteiger partial charge in [-0.15, -0.1) is 0 Å². The molecule has 1 aromatic heterocycles. The van der Waals surface area contributed by atoms with Gasteiger partial charge in [0.2, 0.25) is 0 Å². The van der Waals surface area contributed by atoms with E-state index in [1.165, 1.54) is 23.1 Å². The fourth-order valence-electron chi connectivity index (χ4n) is 4.89. The molecular weight excluding hydrogens is 438 g/mol. The molecule has 6 heteroatoms. The molecule has 1 aliphatic rings. The number of hydrogen-bond acceptors (Lipinski definition) is 4. The largest absolute Gasteiger partial charge is 0.376 e. The van der Waals surface area contributed by atoms with E-state index in [0.29, 0.717) is 34.7 Å². The first kappa shape index (κ1) is 23.1. The average molecular weight is 470 g/mol. The van der Waals surface area contributed by atoms with Crippen LogP contribution in [0.3, 0.4) is 0 Å². The van der Waals surface area contributed by atoms with Gasteiger partial charge in [0.15, 0.2) is 5.58 Å². The van der Waals surface area contributed by atoms with Crippen molar-refractivity contribution in [2.24, 2.45) is 5.92 Å². The maximum Gasteiger partial charge on any atom is 0.290 e. The molecular formula is C29H31N3O3. The zero-order valence-electron chi connectivity index (χ0n) is 19.9. The maximum absolute atomic E-state index is 12.8. The molecule has 0 radical (unpaired) electrons. The second-order valence-electron chi connectivity index (χ2n) is 9.38. The lowest BCUT2D eigenvalue weighted by atomic mass is 9.92. The lowest BCUT2D eigenvalue weighted by Crippen LogP contribution is -2.33. The molecule has 4 aromatic rings. The van der Waals surface area contributed by atoms with Crippen molar-refractivity contribution in [3.63, 3.8) is 0 Å². The molecule has 0 atom stereocenters. The fraction of sp³-hybridized carbons (Fsp3) is 0.310. The predicted octanol–water partition coefficient (Wildman–Crippen LogP) is 5.54. The Labute approximate surface area is 205 Å². The van der Waals surface area contributed by atoms with Gasteiger partial charge in [0, 0.05) is 23.9 Å². The summed E-state index contributed by atoms with van der Waals surface area (Å²) < 4.78 is 7.30. The van der Waals surface area contributed by atoms with E-state index in [1.54, 1.807) is 30.3 Å². The second kappa shape index (κ2) is 10.7. The molecule has 1 aliphatic heterocycles. The van der Waals surface area contributed by atoms with Crippen LogP contribution in [0.25, 0.3) is 11.0 Å². The minimum atomic E-state index is -0.193. The highest BCUT2D eigenvalue weighted by Crippen LogP contribution is 2.24. The van der Waals surface area contributed by atoms with E-state index in [4.69, 9.17) is 4.52 Å². The van der Waals surface area contributed by atoms with Crippen molar-refractivity contribution >= 4 is 22.6 Å². The Morgan fingerprint density at radius 1 is 0.943 bits per heavy atom. The van der Waals surface area contributed by atoms with Crippen LogP contribution in [-0.2, 0) is 13.1 Å². The van der Waals surface area contributed by atoms with Crippen molar-refractivity contribution in [1.29, 1.82) is 0 Å². The molecule has 1 fully saturated rings. The third-order valence-corrected chi connectivity index (χ3v) is 6.87. The van der Waals surface area contributed by atoms with Gasteiger partial charge in [-0.05, 0) is 74.5 Å². The summed E-state index contributed by atoms with van der Waals surface area (Å²) in [6.45, 7) is 3.85. The molecule has 6 nitrogen and oxygen atoms in total. The van der Waals surface area contributed by atoms with Crippen molar-refractivity contribution in [3.8, 4) is 0 Å². The molecule has 35 heavy (non-hydrogen) atoms. The molecule has 5 rings (SSSR count). The predicted molar refractivity (Wildman–Crippen MR) is 139 cm³/mol. The molecule has 180 valence electrons. The van der Waals surface area contributed by atoms with Crippen molar-refractivity contribution < 1.29 is 9.32 Å². The summed E-state index contributed by atoms with van der Waals surface area (Å²) in [7, 11) is 0. The topological polar surface area (TPSA) is 67.5 Å². The number of aromatic nitrogens is 1. The molecule has 0 bridgehead atoms. The number of rotatable bonds is 8.